The van der Waals surface area contributed by atoms with E-state index in [-0.39, 0.29) is 12.9 Å². The number of ether oxygens (including phenoxy) is 2. The molecular formula is C12H15BrN2O3. The number of rotatable bonds is 3. The molecule has 98 valence electrons. The van der Waals surface area contributed by atoms with Crippen LogP contribution in [-0.4, -0.2) is 35.9 Å². The van der Waals surface area contributed by atoms with Crippen molar-refractivity contribution in [3.8, 4) is 5.75 Å². The first-order valence-electron chi connectivity index (χ1n) is 5.92. The van der Waals surface area contributed by atoms with E-state index < -0.39 is 0 Å². The van der Waals surface area contributed by atoms with Crippen LogP contribution in [0.25, 0.3) is 0 Å². The van der Waals surface area contributed by atoms with E-state index in [2.05, 4.69) is 20.9 Å². The van der Waals surface area contributed by atoms with Gasteiger partial charge in [0, 0.05) is 13.1 Å². The van der Waals surface area contributed by atoms with Gasteiger partial charge in [-0.05, 0) is 47.3 Å². The van der Waals surface area contributed by atoms with Crippen molar-refractivity contribution in [3.05, 3.63) is 22.9 Å². The molecule has 0 atom stereocenters. The molecule has 1 fully saturated rings. The van der Waals surface area contributed by atoms with Crippen LogP contribution in [0.4, 0.5) is 4.79 Å². The summed E-state index contributed by atoms with van der Waals surface area (Å²) >= 11 is 3.23. The molecule has 0 radical (unpaired) electrons. The van der Waals surface area contributed by atoms with Gasteiger partial charge in [0.1, 0.15) is 10.4 Å². The predicted octanol–water partition coefficient (Wildman–Crippen LogP) is 2.80. The molecule has 1 aromatic heterocycles. The smallest absolute Gasteiger partial charge is 0.412 e. The topological polar surface area (TPSA) is 51.7 Å². The zero-order chi connectivity index (χ0) is 12.8. The lowest BCUT2D eigenvalue weighted by atomic mass is 10.1. The van der Waals surface area contributed by atoms with Crippen molar-refractivity contribution < 1.29 is 14.3 Å². The molecule has 0 unspecified atom stereocenters. The van der Waals surface area contributed by atoms with E-state index in [4.69, 9.17) is 9.47 Å². The number of hydrogen-bond donors (Lipinski definition) is 0. The maximum Gasteiger partial charge on any atom is 0.412 e. The van der Waals surface area contributed by atoms with E-state index in [9.17, 15) is 4.79 Å². The van der Waals surface area contributed by atoms with E-state index in [1.54, 1.807) is 23.2 Å². The standard InChI is InChI=1S/C12H15BrN2O3/c13-11-5-4-10(8-14-11)17-9-18-12(16)15-6-2-1-3-7-15/h4-5,8H,1-3,6-7,9H2. The summed E-state index contributed by atoms with van der Waals surface area (Å²) in [5.74, 6) is 0.574. The van der Waals surface area contributed by atoms with Crippen molar-refractivity contribution in [2.45, 2.75) is 19.3 Å². The molecular weight excluding hydrogens is 300 g/mol. The molecule has 1 amide bonds. The van der Waals surface area contributed by atoms with Crippen LogP contribution < -0.4 is 4.74 Å². The Morgan fingerprint density at radius 3 is 2.78 bits per heavy atom. The molecule has 0 aliphatic carbocycles. The van der Waals surface area contributed by atoms with Gasteiger partial charge in [-0.3, -0.25) is 0 Å². The first kappa shape index (κ1) is 13.1. The van der Waals surface area contributed by atoms with Crippen LogP contribution in [0, 0.1) is 0 Å². The second-order valence-corrected chi connectivity index (χ2v) is 4.85. The van der Waals surface area contributed by atoms with Crippen molar-refractivity contribution in [1.29, 1.82) is 0 Å². The Bertz CT molecular complexity index is 391. The highest BCUT2D eigenvalue weighted by molar-refractivity contribution is 9.10. The summed E-state index contributed by atoms with van der Waals surface area (Å²) in [5.41, 5.74) is 0. The first-order valence-corrected chi connectivity index (χ1v) is 6.71. The Labute approximate surface area is 114 Å². The Balaban J connectivity index is 1.71. The van der Waals surface area contributed by atoms with Crippen LogP contribution in [0.3, 0.4) is 0 Å². The highest BCUT2D eigenvalue weighted by atomic mass is 79.9. The number of aromatic nitrogens is 1. The van der Waals surface area contributed by atoms with Crippen LogP contribution >= 0.6 is 15.9 Å². The second kappa shape index (κ2) is 6.58. The van der Waals surface area contributed by atoms with Crippen molar-refractivity contribution in [2.24, 2.45) is 0 Å². The summed E-state index contributed by atoms with van der Waals surface area (Å²) in [6, 6.07) is 3.52. The summed E-state index contributed by atoms with van der Waals surface area (Å²) in [6.45, 7) is 1.47. The zero-order valence-corrected chi connectivity index (χ0v) is 11.6. The minimum Gasteiger partial charge on any atom is -0.456 e. The van der Waals surface area contributed by atoms with Gasteiger partial charge in [0.25, 0.3) is 0 Å². The van der Waals surface area contributed by atoms with Crippen molar-refractivity contribution in [2.75, 3.05) is 19.9 Å². The molecule has 0 spiro atoms. The van der Waals surface area contributed by atoms with E-state index in [1.807, 2.05) is 0 Å². The third kappa shape index (κ3) is 3.87. The minimum absolute atomic E-state index is 0.0847. The van der Waals surface area contributed by atoms with Gasteiger partial charge in [-0.1, -0.05) is 0 Å². The molecule has 6 heteroatoms. The molecule has 5 nitrogen and oxygen atoms in total. The number of amides is 1. The Morgan fingerprint density at radius 2 is 2.11 bits per heavy atom. The van der Waals surface area contributed by atoms with Gasteiger partial charge in [0.15, 0.2) is 0 Å². The number of likely N-dealkylation sites (tertiary alicyclic amines) is 1. The van der Waals surface area contributed by atoms with Crippen LogP contribution in [0.1, 0.15) is 19.3 Å². The normalized spacial score (nSPS) is 15.3. The molecule has 0 N–H and O–H groups in total. The monoisotopic (exact) mass is 314 g/mol. The fraction of sp³-hybridized carbons (Fsp3) is 0.500. The van der Waals surface area contributed by atoms with Crippen LogP contribution in [-0.2, 0) is 4.74 Å². The highest BCUT2D eigenvalue weighted by Gasteiger charge is 2.17. The number of nitrogens with zero attached hydrogens (tertiary/aromatic N) is 2. The molecule has 1 aromatic rings. The summed E-state index contributed by atoms with van der Waals surface area (Å²) in [7, 11) is 0. The number of carbonyl (C=O) groups excluding carboxylic acids is 1. The summed E-state index contributed by atoms with van der Waals surface area (Å²) in [6.07, 6.45) is 4.54. The van der Waals surface area contributed by atoms with Crippen LogP contribution in [0.2, 0.25) is 0 Å². The first-order chi connectivity index (χ1) is 8.75. The third-order valence-electron chi connectivity index (χ3n) is 2.72. The third-order valence-corrected chi connectivity index (χ3v) is 3.19. The quantitative estimate of drug-likeness (QED) is 0.636. The van der Waals surface area contributed by atoms with Gasteiger partial charge >= 0.3 is 6.09 Å². The number of hydrogen-bond acceptors (Lipinski definition) is 4. The van der Waals surface area contributed by atoms with Gasteiger partial charge in [-0.15, -0.1) is 0 Å². The average molecular weight is 315 g/mol. The fourth-order valence-corrected chi connectivity index (χ4v) is 2.00. The zero-order valence-electron chi connectivity index (χ0n) is 9.97. The lowest BCUT2D eigenvalue weighted by Gasteiger charge is -2.25. The SMILES string of the molecule is O=C(OCOc1ccc(Br)nc1)N1CCCCC1. The van der Waals surface area contributed by atoms with Gasteiger partial charge in [-0.25, -0.2) is 9.78 Å². The van der Waals surface area contributed by atoms with Gasteiger partial charge < -0.3 is 14.4 Å². The summed E-state index contributed by atoms with van der Waals surface area (Å²) in [4.78, 5) is 17.4. The predicted molar refractivity (Wildman–Crippen MR) is 69.3 cm³/mol. The molecule has 2 heterocycles. The van der Waals surface area contributed by atoms with E-state index >= 15 is 0 Å². The van der Waals surface area contributed by atoms with Crippen molar-refractivity contribution in [3.63, 3.8) is 0 Å². The Hall–Kier alpha value is -1.30. The molecule has 18 heavy (non-hydrogen) atoms. The van der Waals surface area contributed by atoms with E-state index in [0.29, 0.717) is 5.75 Å². The Morgan fingerprint density at radius 1 is 1.33 bits per heavy atom. The average Bonchev–Trinajstić information content (AvgIpc) is 2.42. The number of piperidine rings is 1. The number of halogens is 1. The molecule has 0 bridgehead atoms. The van der Waals surface area contributed by atoms with Gasteiger partial charge in [0.2, 0.25) is 6.79 Å². The van der Waals surface area contributed by atoms with Crippen LogP contribution in [0.5, 0.6) is 5.75 Å². The van der Waals surface area contributed by atoms with Gasteiger partial charge in [0.05, 0.1) is 6.20 Å². The fourth-order valence-electron chi connectivity index (χ4n) is 1.76. The maximum atomic E-state index is 11.6. The van der Waals surface area contributed by atoms with Crippen LogP contribution in [0.15, 0.2) is 22.9 Å². The van der Waals surface area contributed by atoms with E-state index in [0.717, 1.165) is 30.5 Å². The van der Waals surface area contributed by atoms with Crippen molar-refractivity contribution in [1.82, 2.24) is 9.88 Å². The summed E-state index contributed by atoms with van der Waals surface area (Å²) in [5, 5.41) is 0. The minimum atomic E-state index is -0.306. The molecule has 1 saturated heterocycles. The lowest BCUT2D eigenvalue weighted by molar-refractivity contribution is 0.0315. The number of carbonyl (C=O) groups is 1. The van der Waals surface area contributed by atoms with Crippen molar-refractivity contribution >= 4 is 22.0 Å². The highest BCUT2D eigenvalue weighted by Crippen LogP contribution is 2.13. The lowest BCUT2D eigenvalue weighted by Crippen LogP contribution is -2.36. The molecule has 1 aliphatic heterocycles. The molecule has 0 saturated carbocycles. The summed E-state index contributed by atoms with van der Waals surface area (Å²) < 4.78 is 11.0. The molecule has 0 aromatic carbocycles. The largest absolute Gasteiger partial charge is 0.456 e. The second-order valence-electron chi connectivity index (χ2n) is 4.04. The van der Waals surface area contributed by atoms with E-state index in [1.165, 1.54) is 6.42 Å². The Kier molecular flexibility index (Phi) is 4.81. The molecule has 2 rings (SSSR count). The molecule has 1 aliphatic rings. The number of pyridine rings is 1. The van der Waals surface area contributed by atoms with Gasteiger partial charge in [-0.2, -0.15) is 0 Å². The maximum absolute atomic E-state index is 11.6.